The summed E-state index contributed by atoms with van der Waals surface area (Å²) in [4.78, 5) is 36.5. The van der Waals surface area contributed by atoms with Crippen molar-refractivity contribution in [2.24, 2.45) is 5.92 Å². The highest BCUT2D eigenvalue weighted by Crippen LogP contribution is 2.30. The quantitative estimate of drug-likeness (QED) is 0.259. The van der Waals surface area contributed by atoms with E-state index in [1.807, 2.05) is 53.4 Å². The fourth-order valence-corrected chi connectivity index (χ4v) is 5.39. The molecule has 4 aromatic rings. The molecular weight excluding hydrogens is 510 g/mol. The van der Waals surface area contributed by atoms with Gasteiger partial charge < -0.3 is 10.0 Å². The SMILES string of the molecule is CC(CCCc1nc2cc(C(=O)N3CCC(c4ccccc4)CC3)ccc2nc1-c1ccc(Cl)cc1)C(=O)O. The van der Waals surface area contributed by atoms with Gasteiger partial charge in [-0.25, -0.2) is 9.97 Å². The van der Waals surface area contributed by atoms with Crippen LogP contribution in [0.1, 0.15) is 60.1 Å². The second-order valence-electron chi connectivity index (χ2n) is 10.3. The molecule has 1 saturated heterocycles. The van der Waals surface area contributed by atoms with Gasteiger partial charge in [0.2, 0.25) is 0 Å². The van der Waals surface area contributed by atoms with E-state index in [1.165, 1.54) is 5.56 Å². The van der Waals surface area contributed by atoms with Gasteiger partial charge in [0.25, 0.3) is 5.91 Å². The molecule has 1 fully saturated rings. The molecule has 1 unspecified atom stereocenters. The Morgan fingerprint density at radius 2 is 1.69 bits per heavy atom. The maximum absolute atomic E-state index is 13.4. The van der Waals surface area contributed by atoms with Crippen LogP contribution in [-0.2, 0) is 11.2 Å². The Balaban J connectivity index is 1.38. The summed E-state index contributed by atoms with van der Waals surface area (Å²) in [6, 6.07) is 23.5. The zero-order valence-electron chi connectivity index (χ0n) is 22.0. The number of nitrogens with zero attached hydrogens (tertiary/aromatic N) is 3. The number of aryl methyl sites for hydroxylation is 1. The molecule has 1 N–H and O–H groups in total. The van der Waals surface area contributed by atoms with Crippen molar-refractivity contribution >= 4 is 34.5 Å². The van der Waals surface area contributed by atoms with Crippen LogP contribution in [0, 0.1) is 5.92 Å². The number of hydrogen-bond donors (Lipinski definition) is 1. The van der Waals surface area contributed by atoms with Gasteiger partial charge in [0, 0.05) is 29.2 Å². The van der Waals surface area contributed by atoms with Crippen LogP contribution < -0.4 is 0 Å². The highest BCUT2D eigenvalue weighted by molar-refractivity contribution is 6.30. The summed E-state index contributed by atoms with van der Waals surface area (Å²) in [5.41, 5.74) is 5.77. The molecule has 39 heavy (non-hydrogen) atoms. The van der Waals surface area contributed by atoms with Crippen molar-refractivity contribution in [2.45, 2.75) is 44.9 Å². The molecule has 6 nitrogen and oxygen atoms in total. The standard InChI is InChI=1S/C32H32ClN3O3/c1-21(32(38)39)6-5-9-28-30(24-10-13-26(33)14-11-24)35-27-15-12-25(20-29(27)34-28)31(37)36-18-16-23(17-19-36)22-7-3-2-4-8-22/h2-4,7-8,10-15,20-21,23H,5-6,9,16-19H2,1H3,(H,38,39). The zero-order valence-corrected chi connectivity index (χ0v) is 22.8. The number of aliphatic carboxylic acids is 1. The number of fused-ring (bicyclic) bond motifs is 1. The Kier molecular flexibility index (Phi) is 8.22. The maximum Gasteiger partial charge on any atom is 0.306 e. The number of hydrogen-bond acceptors (Lipinski definition) is 4. The van der Waals surface area contributed by atoms with Crippen LogP contribution in [0.2, 0.25) is 5.02 Å². The average Bonchev–Trinajstić information content (AvgIpc) is 2.97. The van der Waals surface area contributed by atoms with Crippen LogP contribution in [0.4, 0.5) is 0 Å². The van der Waals surface area contributed by atoms with Crippen LogP contribution in [0.3, 0.4) is 0 Å². The normalized spacial score (nSPS) is 14.9. The van der Waals surface area contributed by atoms with Gasteiger partial charge in [-0.2, -0.15) is 0 Å². The Morgan fingerprint density at radius 3 is 2.38 bits per heavy atom. The van der Waals surface area contributed by atoms with E-state index in [4.69, 9.17) is 21.6 Å². The predicted molar refractivity (Wildman–Crippen MR) is 154 cm³/mol. The molecule has 200 valence electrons. The number of carboxylic acids is 1. The number of likely N-dealkylation sites (tertiary alicyclic amines) is 1. The van der Waals surface area contributed by atoms with E-state index < -0.39 is 11.9 Å². The van der Waals surface area contributed by atoms with Crippen molar-refractivity contribution < 1.29 is 14.7 Å². The summed E-state index contributed by atoms with van der Waals surface area (Å²) in [6.07, 6.45) is 3.71. The second kappa shape index (κ2) is 12.0. The largest absolute Gasteiger partial charge is 0.481 e. The molecule has 1 aliphatic rings. The topological polar surface area (TPSA) is 83.4 Å². The highest BCUT2D eigenvalue weighted by Gasteiger charge is 2.25. The molecular formula is C32H32ClN3O3. The Bertz CT molecular complexity index is 1470. The molecule has 0 bridgehead atoms. The van der Waals surface area contributed by atoms with Gasteiger partial charge in [-0.1, -0.05) is 61.0 Å². The molecule has 3 aromatic carbocycles. The molecule has 2 heterocycles. The van der Waals surface area contributed by atoms with Crippen molar-refractivity contribution in [3.05, 3.63) is 94.6 Å². The molecule has 1 aliphatic heterocycles. The average molecular weight is 542 g/mol. The third kappa shape index (κ3) is 6.28. The van der Waals surface area contributed by atoms with Crippen molar-refractivity contribution in [3.63, 3.8) is 0 Å². The van der Waals surface area contributed by atoms with E-state index in [0.29, 0.717) is 46.8 Å². The van der Waals surface area contributed by atoms with Gasteiger partial charge in [0.1, 0.15) is 0 Å². The van der Waals surface area contributed by atoms with E-state index in [0.717, 1.165) is 42.9 Å². The first kappa shape index (κ1) is 26.8. The smallest absolute Gasteiger partial charge is 0.306 e. The fraction of sp³-hybridized carbons (Fsp3) is 0.312. The van der Waals surface area contributed by atoms with Crippen LogP contribution in [-0.4, -0.2) is 44.9 Å². The van der Waals surface area contributed by atoms with Crippen molar-refractivity contribution in [3.8, 4) is 11.3 Å². The third-order valence-corrected chi connectivity index (χ3v) is 7.88. The van der Waals surface area contributed by atoms with Crippen LogP contribution in [0.25, 0.3) is 22.3 Å². The van der Waals surface area contributed by atoms with E-state index >= 15 is 0 Å². The van der Waals surface area contributed by atoms with Crippen molar-refractivity contribution in [1.82, 2.24) is 14.9 Å². The highest BCUT2D eigenvalue weighted by atomic mass is 35.5. The summed E-state index contributed by atoms with van der Waals surface area (Å²) >= 11 is 6.10. The van der Waals surface area contributed by atoms with Crippen LogP contribution in [0.5, 0.6) is 0 Å². The number of aromatic nitrogens is 2. The molecule has 1 amide bonds. The van der Waals surface area contributed by atoms with Gasteiger partial charge in [-0.3, -0.25) is 9.59 Å². The van der Waals surface area contributed by atoms with E-state index in [2.05, 4.69) is 24.3 Å². The molecule has 7 heteroatoms. The van der Waals surface area contributed by atoms with Crippen molar-refractivity contribution in [2.75, 3.05) is 13.1 Å². The first-order valence-electron chi connectivity index (χ1n) is 13.5. The summed E-state index contributed by atoms with van der Waals surface area (Å²) in [7, 11) is 0. The molecule has 5 rings (SSSR count). The summed E-state index contributed by atoms with van der Waals surface area (Å²) in [5.74, 6) is -0.722. The molecule has 1 atom stereocenters. The molecule has 1 aromatic heterocycles. The number of rotatable bonds is 8. The first-order valence-corrected chi connectivity index (χ1v) is 13.9. The minimum Gasteiger partial charge on any atom is -0.481 e. The first-order chi connectivity index (χ1) is 18.9. The number of halogens is 1. The van der Waals surface area contributed by atoms with E-state index in [1.54, 1.807) is 6.92 Å². The Hall–Kier alpha value is -3.77. The number of carbonyl (C=O) groups is 2. The molecule has 0 spiro atoms. The number of piperidine rings is 1. The van der Waals surface area contributed by atoms with Gasteiger partial charge in [-0.05, 0) is 73.9 Å². The zero-order chi connectivity index (χ0) is 27.4. The van der Waals surface area contributed by atoms with Gasteiger partial charge in [0.05, 0.1) is 28.3 Å². The second-order valence-corrected chi connectivity index (χ2v) is 10.8. The third-order valence-electron chi connectivity index (χ3n) is 7.63. The Morgan fingerprint density at radius 1 is 0.974 bits per heavy atom. The summed E-state index contributed by atoms with van der Waals surface area (Å²) in [5, 5.41) is 9.90. The van der Waals surface area contributed by atoms with Crippen molar-refractivity contribution in [1.29, 1.82) is 0 Å². The fourth-order valence-electron chi connectivity index (χ4n) is 5.26. The number of amides is 1. The number of carbonyl (C=O) groups excluding carboxylic acids is 1. The van der Waals surface area contributed by atoms with Gasteiger partial charge >= 0.3 is 5.97 Å². The molecule has 0 aliphatic carbocycles. The van der Waals surface area contributed by atoms with Crippen LogP contribution >= 0.6 is 11.6 Å². The lowest BCUT2D eigenvalue weighted by Gasteiger charge is -2.32. The summed E-state index contributed by atoms with van der Waals surface area (Å²) < 4.78 is 0. The minimum absolute atomic E-state index is 0.0174. The molecule has 0 saturated carbocycles. The van der Waals surface area contributed by atoms with E-state index in [9.17, 15) is 14.7 Å². The Labute approximate surface area is 233 Å². The lowest BCUT2D eigenvalue weighted by atomic mass is 9.89. The molecule has 0 radical (unpaired) electrons. The van der Waals surface area contributed by atoms with Crippen LogP contribution in [0.15, 0.2) is 72.8 Å². The number of benzene rings is 3. The monoisotopic (exact) mass is 541 g/mol. The lowest BCUT2D eigenvalue weighted by molar-refractivity contribution is -0.141. The lowest BCUT2D eigenvalue weighted by Crippen LogP contribution is -2.37. The summed E-state index contributed by atoms with van der Waals surface area (Å²) in [6.45, 7) is 3.17. The van der Waals surface area contributed by atoms with Gasteiger partial charge in [-0.15, -0.1) is 0 Å². The van der Waals surface area contributed by atoms with Gasteiger partial charge in [0.15, 0.2) is 0 Å². The maximum atomic E-state index is 13.4. The van der Waals surface area contributed by atoms with E-state index in [-0.39, 0.29) is 5.91 Å². The number of carboxylic acid groups (broad SMARTS) is 1. The predicted octanol–water partition coefficient (Wildman–Crippen LogP) is 7.01. The minimum atomic E-state index is -0.798.